The van der Waals surface area contributed by atoms with E-state index < -0.39 is 0 Å². The molecule has 0 radical (unpaired) electrons. The van der Waals surface area contributed by atoms with Gasteiger partial charge in [-0.25, -0.2) is 0 Å². The molecule has 1 aromatic carbocycles. The zero-order valence-corrected chi connectivity index (χ0v) is 11.2. The molecule has 0 saturated carbocycles. The van der Waals surface area contributed by atoms with Crippen molar-refractivity contribution < 1.29 is 4.79 Å². The molecule has 2 rings (SSSR count). The monoisotopic (exact) mass is 258 g/mol. The number of carbonyl (C=O) groups is 1. The van der Waals surface area contributed by atoms with Crippen LogP contribution in [0.25, 0.3) is 0 Å². The number of hydrogen-bond acceptors (Lipinski definition) is 3. The number of anilines is 1. The van der Waals surface area contributed by atoms with Gasteiger partial charge in [0.05, 0.1) is 0 Å². The Labute approximate surface area is 112 Å². The van der Waals surface area contributed by atoms with Gasteiger partial charge in [-0.1, -0.05) is 12.1 Å². The first-order valence-electron chi connectivity index (χ1n) is 6.23. The van der Waals surface area contributed by atoms with Crippen LogP contribution in [0.5, 0.6) is 0 Å². The van der Waals surface area contributed by atoms with E-state index in [-0.39, 0.29) is 5.91 Å². The summed E-state index contributed by atoms with van der Waals surface area (Å²) in [6.07, 6.45) is 0.766. The van der Waals surface area contributed by atoms with Gasteiger partial charge in [0.15, 0.2) is 5.82 Å². The minimum atomic E-state index is -0.159. The summed E-state index contributed by atoms with van der Waals surface area (Å²) >= 11 is 0. The fraction of sp³-hybridized carbons (Fsp3) is 0.286. The average Bonchev–Trinajstić information content (AvgIpc) is 2.71. The first-order chi connectivity index (χ1) is 9.11. The van der Waals surface area contributed by atoms with Crippen molar-refractivity contribution in [2.45, 2.75) is 20.3 Å². The lowest BCUT2D eigenvalue weighted by Gasteiger charge is -2.05. The maximum atomic E-state index is 12.1. The van der Waals surface area contributed by atoms with Crippen LogP contribution in [0, 0.1) is 13.8 Å². The van der Waals surface area contributed by atoms with E-state index in [1.807, 2.05) is 32.0 Å². The molecule has 0 spiro atoms. The lowest BCUT2D eigenvalue weighted by atomic mass is 10.1. The second kappa shape index (κ2) is 5.67. The predicted octanol–water partition coefficient (Wildman–Crippen LogP) is 1.78. The largest absolute Gasteiger partial charge is 0.330 e. The van der Waals surface area contributed by atoms with Gasteiger partial charge in [-0.15, -0.1) is 0 Å². The Hall–Kier alpha value is -2.14. The molecule has 0 unspecified atom stereocenters. The molecule has 2 aromatic rings. The van der Waals surface area contributed by atoms with Crippen LogP contribution in [0.4, 0.5) is 5.82 Å². The number of nitrogens with zero attached hydrogens (tertiary/aromatic N) is 1. The van der Waals surface area contributed by atoms with Crippen molar-refractivity contribution in [2.24, 2.45) is 5.73 Å². The highest BCUT2D eigenvalue weighted by atomic mass is 16.1. The Morgan fingerprint density at radius 3 is 2.84 bits per heavy atom. The minimum Gasteiger partial charge on any atom is -0.330 e. The molecule has 5 nitrogen and oxygen atoms in total. The summed E-state index contributed by atoms with van der Waals surface area (Å²) in [5, 5.41) is 9.71. The van der Waals surface area contributed by atoms with Gasteiger partial charge >= 0.3 is 0 Å². The lowest BCUT2D eigenvalue weighted by Crippen LogP contribution is -2.13. The van der Waals surface area contributed by atoms with Gasteiger partial charge in [-0.05, 0) is 44.5 Å². The molecule has 100 valence electrons. The summed E-state index contributed by atoms with van der Waals surface area (Å²) in [6, 6.07) is 7.47. The Bertz CT molecular complexity index is 589. The van der Waals surface area contributed by atoms with E-state index in [9.17, 15) is 4.79 Å². The van der Waals surface area contributed by atoms with E-state index in [1.54, 1.807) is 6.07 Å². The first-order valence-corrected chi connectivity index (χ1v) is 6.23. The molecule has 0 aliphatic heterocycles. The fourth-order valence-corrected chi connectivity index (χ4v) is 1.82. The van der Waals surface area contributed by atoms with Crippen LogP contribution < -0.4 is 11.1 Å². The smallest absolute Gasteiger partial charge is 0.256 e. The summed E-state index contributed by atoms with van der Waals surface area (Å²) in [4.78, 5) is 12.1. The quantitative estimate of drug-likeness (QED) is 0.781. The maximum Gasteiger partial charge on any atom is 0.256 e. The summed E-state index contributed by atoms with van der Waals surface area (Å²) in [5.74, 6) is 0.417. The van der Waals surface area contributed by atoms with Gasteiger partial charge in [-0.3, -0.25) is 9.89 Å². The van der Waals surface area contributed by atoms with Gasteiger partial charge in [0.25, 0.3) is 5.91 Å². The standard InChI is InChI=1S/C14H18N4O/c1-9-10(2)17-18-13(9)16-14(19)12-5-3-4-11(8-12)6-7-15/h3-5,8H,6-7,15H2,1-2H3,(H2,16,17,18,19). The second-order valence-corrected chi connectivity index (χ2v) is 4.52. The fourth-order valence-electron chi connectivity index (χ4n) is 1.82. The number of nitrogens with two attached hydrogens (primary N) is 1. The van der Waals surface area contributed by atoms with Crippen LogP contribution in [0.2, 0.25) is 0 Å². The molecule has 0 aliphatic carbocycles. The van der Waals surface area contributed by atoms with E-state index in [1.165, 1.54) is 0 Å². The number of rotatable bonds is 4. The molecule has 1 heterocycles. The van der Waals surface area contributed by atoms with Crippen molar-refractivity contribution in [3.8, 4) is 0 Å². The van der Waals surface area contributed by atoms with Crippen LogP contribution in [-0.4, -0.2) is 22.6 Å². The van der Waals surface area contributed by atoms with Crippen LogP contribution in [0.15, 0.2) is 24.3 Å². The zero-order valence-electron chi connectivity index (χ0n) is 11.2. The number of aromatic amines is 1. The molecule has 1 amide bonds. The summed E-state index contributed by atoms with van der Waals surface area (Å²) < 4.78 is 0. The second-order valence-electron chi connectivity index (χ2n) is 4.52. The van der Waals surface area contributed by atoms with Crippen molar-refractivity contribution >= 4 is 11.7 Å². The number of carbonyl (C=O) groups excluding carboxylic acids is 1. The number of H-pyrrole nitrogens is 1. The average molecular weight is 258 g/mol. The van der Waals surface area contributed by atoms with E-state index >= 15 is 0 Å². The van der Waals surface area contributed by atoms with Crippen LogP contribution in [-0.2, 0) is 6.42 Å². The highest BCUT2D eigenvalue weighted by molar-refractivity contribution is 6.04. The summed E-state index contributed by atoms with van der Waals surface area (Å²) in [5.41, 5.74) is 9.10. The molecule has 0 atom stereocenters. The number of benzene rings is 1. The number of nitrogens with one attached hydrogen (secondary N) is 2. The molecule has 0 saturated heterocycles. The van der Waals surface area contributed by atoms with Crippen LogP contribution in [0.3, 0.4) is 0 Å². The van der Waals surface area contributed by atoms with E-state index in [0.29, 0.717) is 17.9 Å². The van der Waals surface area contributed by atoms with Gasteiger partial charge in [0, 0.05) is 16.8 Å². The van der Waals surface area contributed by atoms with Gasteiger partial charge in [-0.2, -0.15) is 5.10 Å². The number of aromatic nitrogens is 2. The topological polar surface area (TPSA) is 83.8 Å². The predicted molar refractivity (Wildman–Crippen MR) is 75.2 cm³/mol. The van der Waals surface area contributed by atoms with Gasteiger partial charge in [0.2, 0.25) is 0 Å². The molecule has 0 bridgehead atoms. The van der Waals surface area contributed by atoms with Gasteiger partial charge in [0.1, 0.15) is 0 Å². The molecule has 4 N–H and O–H groups in total. The normalized spacial score (nSPS) is 10.5. The third kappa shape index (κ3) is 3.00. The van der Waals surface area contributed by atoms with E-state index in [4.69, 9.17) is 5.73 Å². The molecule has 5 heteroatoms. The number of amides is 1. The summed E-state index contributed by atoms with van der Waals surface area (Å²) in [7, 11) is 0. The lowest BCUT2D eigenvalue weighted by molar-refractivity contribution is 0.102. The van der Waals surface area contributed by atoms with Crippen LogP contribution >= 0.6 is 0 Å². The minimum absolute atomic E-state index is 0.159. The molecule has 19 heavy (non-hydrogen) atoms. The Morgan fingerprint density at radius 2 is 2.21 bits per heavy atom. The van der Waals surface area contributed by atoms with Crippen molar-refractivity contribution in [1.82, 2.24) is 10.2 Å². The Balaban J connectivity index is 2.16. The molecular weight excluding hydrogens is 240 g/mol. The van der Waals surface area contributed by atoms with Crippen LogP contribution in [0.1, 0.15) is 27.2 Å². The highest BCUT2D eigenvalue weighted by Gasteiger charge is 2.11. The summed E-state index contributed by atoms with van der Waals surface area (Å²) in [6.45, 7) is 4.40. The Morgan fingerprint density at radius 1 is 1.42 bits per heavy atom. The Kier molecular flexibility index (Phi) is 3.97. The van der Waals surface area contributed by atoms with Crippen molar-refractivity contribution in [3.05, 3.63) is 46.6 Å². The number of aryl methyl sites for hydroxylation is 1. The third-order valence-electron chi connectivity index (χ3n) is 3.11. The first kappa shape index (κ1) is 13.3. The van der Waals surface area contributed by atoms with E-state index in [2.05, 4.69) is 15.5 Å². The zero-order chi connectivity index (χ0) is 13.8. The number of hydrogen-bond donors (Lipinski definition) is 3. The highest BCUT2D eigenvalue weighted by Crippen LogP contribution is 2.15. The maximum absolute atomic E-state index is 12.1. The SMILES string of the molecule is Cc1[nH]nc(NC(=O)c2cccc(CCN)c2)c1C. The van der Waals surface area contributed by atoms with Crippen molar-refractivity contribution in [1.29, 1.82) is 0 Å². The third-order valence-corrected chi connectivity index (χ3v) is 3.11. The van der Waals surface area contributed by atoms with E-state index in [0.717, 1.165) is 23.2 Å². The molecule has 0 aliphatic rings. The van der Waals surface area contributed by atoms with Crippen molar-refractivity contribution in [3.63, 3.8) is 0 Å². The van der Waals surface area contributed by atoms with Crippen molar-refractivity contribution in [2.75, 3.05) is 11.9 Å². The van der Waals surface area contributed by atoms with Gasteiger partial charge < -0.3 is 11.1 Å². The molecule has 1 aromatic heterocycles. The molecule has 0 fully saturated rings. The molecular formula is C14H18N4O.